The number of likely N-dealkylation sites (N-methyl/N-ethyl adjacent to an activating group) is 1. The fraction of sp³-hybridized carbons (Fsp3) is 0.263. The third-order valence-corrected chi connectivity index (χ3v) is 3.96. The standard InChI is InChI=1S/C19H20FN5O2/c1-25(2)17(13-5-3-7-15(20)11-13)19(26)22-10-8-16-23-18(24-27-16)14-6-4-9-21-12-14/h3-7,9,11-12,17H,8,10H2,1-2H3,(H,22,26)/t17-/m1/s1. The van der Waals surface area contributed by atoms with Crippen LogP contribution in [-0.4, -0.2) is 46.6 Å². The van der Waals surface area contributed by atoms with Gasteiger partial charge in [0.15, 0.2) is 0 Å². The van der Waals surface area contributed by atoms with Gasteiger partial charge in [-0.1, -0.05) is 17.3 Å². The Kier molecular flexibility index (Phi) is 5.87. The van der Waals surface area contributed by atoms with Crippen molar-refractivity contribution in [2.45, 2.75) is 12.5 Å². The van der Waals surface area contributed by atoms with Gasteiger partial charge in [-0.3, -0.25) is 14.7 Å². The minimum Gasteiger partial charge on any atom is -0.354 e. The van der Waals surface area contributed by atoms with E-state index >= 15 is 0 Å². The molecule has 0 saturated carbocycles. The van der Waals surface area contributed by atoms with Crippen LogP contribution >= 0.6 is 0 Å². The average Bonchev–Trinajstić information content (AvgIpc) is 3.11. The Morgan fingerprint density at radius 2 is 2.15 bits per heavy atom. The second kappa shape index (κ2) is 8.50. The first-order valence-corrected chi connectivity index (χ1v) is 8.47. The van der Waals surface area contributed by atoms with Crippen molar-refractivity contribution in [1.82, 2.24) is 25.3 Å². The maximum Gasteiger partial charge on any atom is 0.241 e. The molecule has 1 N–H and O–H groups in total. The van der Waals surface area contributed by atoms with Crippen LogP contribution in [0.5, 0.6) is 0 Å². The van der Waals surface area contributed by atoms with E-state index in [0.29, 0.717) is 30.2 Å². The molecule has 0 bridgehead atoms. The van der Waals surface area contributed by atoms with Crippen molar-refractivity contribution in [3.05, 3.63) is 66.1 Å². The zero-order chi connectivity index (χ0) is 19.2. The lowest BCUT2D eigenvalue weighted by Gasteiger charge is -2.23. The van der Waals surface area contributed by atoms with Crippen molar-refractivity contribution in [3.8, 4) is 11.4 Å². The van der Waals surface area contributed by atoms with Crippen LogP contribution in [0.3, 0.4) is 0 Å². The molecule has 0 unspecified atom stereocenters. The van der Waals surface area contributed by atoms with Crippen molar-refractivity contribution in [2.24, 2.45) is 0 Å². The van der Waals surface area contributed by atoms with Crippen LogP contribution in [0.25, 0.3) is 11.4 Å². The Hall–Kier alpha value is -3.13. The van der Waals surface area contributed by atoms with Crippen molar-refractivity contribution in [2.75, 3.05) is 20.6 Å². The molecule has 1 atom stereocenters. The molecule has 3 aromatic rings. The average molecular weight is 369 g/mol. The van der Waals surface area contributed by atoms with Crippen LogP contribution in [-0.2, 0) is 11.2 Å². The summed E-state index contributed by atoms with van der Waals surface area (Å²) in [5.74, 6) is 0.273. The van der Waals surface area contributed by atoms with Gasteiger partial charge in [-0.15, -0.1) is 0 Å². The number of nitrogens with zero attached hydrogens (tertiary/aromatic N) is 4. The Labute approximate surface area is 156 Å². The molecule has 0 radical (unpaired) electrons. The smallest absolute Gasteiger partial charge is 0.241 e. The number of amides is 1. The lowest BCUT2D eigenvalue weighted by molar-refractivity contribution is -0.125. The highest BCUT2D eigenvalue weighted by atomic mass is 19.1. The molecule has 0 saturated heterocycles. The van der Waals surface area contributed by atoms with Gasteiger partial charge in [0.25, 0.3) is 0 Å². The molecule has 7 nitrogen and oxygen atoms in total. The van der Waals surface area contributed by atoms with E-state index in [1.807, 2.05) is 6.07 Å². The second-order valence-electron chi connectivity index (χ2n) is 6.22. The van der Waals surface area contributed by atoms with E-state index in [9.17, 15) is 9.18 Å². The summed E-state index contributed by atoms with van der Waals surface area (Å²) in [6.45, 7) is 0.327. The molecule has 0 spiro atoms. The number of carbonyl (C=O) groups is 1. The number of carbonyl (C=O) groups excluding carboxylic acids is 1. The number of benzene rings is 1. The summed E-state index contributed by atoms with van der Waals surface area (Å²) in [5, 5.41) is 6.75. The quantitative estimate of drug-likeness (QED) is 0.688. The monoisotopic (exact) mass is 369 g/mol. The Bertz CT molecular complexity index is 898. The van der Waals surface area contributed by atoms with E-state index in [0.717, 1.165) is 5.56 Å². The SMILES string of the molecule is CN(C)[C@@H](C(=O)NCCc1nc(-c2cccnc2)no1)c1cccc(F)c1. The maximum absolute atomic E-state index is 13.5. The van der Waals surface area contributed by atoms with Gasteiger partial charge >= 0.3 is 0 Å². The number of aromatic nitrogens is 3. The number of nitrogens with one attached hydrogen (secondary N) is 1. The van der Waals surface area contributed by atoms with Crippen LogP contribution < -0.4 is 5.32 Å². The summed E-state index contributed by atoms with van der Waals surface area (Å²) >= 11 is 0. The van der Waals surface area contributed by atoms with Crippen molar-refractivity contribution >= 4 is 5.91 Å². The molecule has 1 aromatic carbocycles. The van der Waals surface area contributed by atoms with E-state index in [1.165, 1.54) is 12.1 Å². The summed E-state index contributed by atoms with van der Waals surface area (Å²) in [6.07, 6.45) is 3.71. The fourth-order valence-electron chi connectivity index (χ4n) is 2.72. The predicted octanol–water partition coefficient (Wildman–Crippen LogP) is 2.23. The lowest BCUT2D eigenvalue weighted by atomic mass is 10.1. The van der Waals surface area contributed by atoms with Gasteiger partial charge in [-0.05, 0) is 43.9 Å². The number of halogens is 1. The Morgan fingerprint density at radius 1 is 1.30 bits per heavy atom. The zero-order valence-corrected chi connectivity index (χ0v) is 15.1. The van der Waals surface area contributed by atoms with Crippen LogP contribution in [0.4, 0.5) is 4.39 Å². The highest BCUT2D eigenvalue weighted by molar-refractivity contribution is 5.83. The molecular weight excluding hydrogens is 349 g/mol. The minimum absolute atomic E-state index is 0.224. The first-order chi connectivity index (χ1) is 13.0. The van der Waals surface area contributed by atoms with Gasteiger partial charge in [0.1, 0.15) is 11.9 Å². The summed E-state index contributed by atoms with van der Waals surface area (Å²) in [4.78, 5) is 22.6. The second-order valence-corrected chi connectivity index (χ2v) is 6.22. The fourth-order valence-corrected chi connectivity index (χ4v) is 2.72. The Morgan fingerprint density at radius 3 is 2.85 bits per heavy atom. The molecule has 0 aliphatic carbocycles. The highest BCUT2D eigenvalue weighted by Crippen LogP contribution is 2.19. The molecule has 0 aliphatic heterocycles. The molecule has 8 heteroatoms. The van der Waals surface area contributed by atoms with Crippen molar-refractivity contribution in [3.63, 3.8) is 0 Å². The molecular formula is C19H20FN5O2. The van der Waals surface area contributed by atoms with Gasteiger partial charge in [0, 0.05) is 30.9 Å². The molecule has 2 heterocycles. The topological polar surface area (TPSA) is 84.2 Å². The van der Waals surface area contributed by atoms with E-state index in [1.54, 1.807) is 49.6 Å². The van der Waals surface area contributed by atoms with Gasteiger partial charge in [-0.25, -0.2) is 4.39 Å². The third-order valence-electron chi connectivity index (χ3n) is 3.96. The molecule has 2 aromatic heterocycles. The van der Waals surface area contributed by atoms with E-state index in [-0.39, 0.29) is 11.7 Å². The number of rotatable bonds is 7. The largest absolute Gasteiger partial charge is 0.354 e. The molecule has 1 amide bonds. The number of hydrogen-bond donors (Lipinski definition) is 1. The molecule has 27 heavy (non-hydrogen) atoms. The summed E-state index contributed by atoms with van der Waals surface area (Å²) in [5.41, 5.74) is 1.35. The zero-order valence-electron chi connectivity index (χ0n) is 15.1. The highest BCUT2D eigenvalue weighted by Gasteiger charge is 2.23. The van der Waals surface area contributed by atoms with E-state index in [2.05, 4.69) is 20.4 Å². The van der Waals surface area contributed by atoms with Crippen LogP contribution in [0.15, 0.2) is 53.3 Å². The summed E-state index contributed by atoms with van der Waals surface area (Å²) in [6, 6.07) is 9.07. The predicted molar refractivity (Wildman–Crippen MR) is 97.1 cm³/mol. The van der Waals surface area contributed by atoms with Gasteiger partial charge in [0.2, 0.25) is 17.6 Å². The molecule has 0 aliphatic rings. The Balaban J connectivity index is 1.59. The van der Waals surface area contributed by atoms with E-state index in [4.69, 9.17) is 4.52 Å². The minimum atomic E-state index is -0.589. The van der Waals surface area contributed by atoms with Gasteiger partial charge in [-0.2, -0.15) is 4.98 Å². The summed E-state index contributed by atoms with van der Waals surface area (Å²) < 4.78 is 18.7. The van der Waals surface area contributed by atoms with Gasteiger partial charge < -0.3 is 9.84 Å². The number of hydrogen-bond acceptors (Lipinski definition) is 6. The van der Waals surface area contributed by atoms with Crippen LogP contribution in [0.2, 0.25) is 0 Å². The summed E-state index contributed by atoms with van der Waals surface area (Å²) in [7, 11) is 3.54. The van der Waals surface area contributed by atoms with Gasteiger partial charge in [0.05, 0.1) is 0 Å². The number of pyridine rings is 1. The molecule has 140 valence electrons. The van der Waals surface area contributed by atoms with Crippen LogP contribution in [0, 0.1) is 5.82 Å². The van der Waals surface area contributed by atoms with Crippen LogP contribution in [0.1, 0.15) is 17.5 Å². The first kappa shape index (κ1) is 18.7. The van der Waals surface area contributed by atoms with E-state index < -0.39 is 6.04 Å². The first-order valence-electron chi connectivity index (χ1n) is 8.47. The maximum atomic E-state index is 13.5. The normalized spacial score (nSPS) is 12.1. The third kappa shape index (κ3) is 4.73. The lowest BCUT2D eigenvalue weighted by Crippen LogP contribution is -2.38. The van der Waals surface area contributed by atoms with Crippen molar-refractivity contribution in [1.29, 1.82) is 0 Å². The molecule has 3 rings (SSSR count). The van der Waals surface area contributed by atoms with Crippen molar-refractivity contribution < 1.29 is 13.7 Å². The molecule has 0 fully saturated rings.